The highest BCUT2D eigenvalue weighted by Gasteiger charge is 2.54. The second-order valence-corrected chi connectivity index (χ2v) is 13.1. The quantitative estimate of drug-likeness (QED) is 0.265. The molecule has 4 nitrogen and oxygen atoms in total. The molecule has 4 aliphatic rings. The van der Waals surface area contributed by atoms with E-state index < -0.39 is 17.6 Å². The summed E-state index contributed by atoms with van der Waals surface area (Å²) in [6.45, 7) is 12.7. The lowest BCUT2D eigenvalue weighted by Crippen LogP contribution is -2.33. The highest BCUT2D eigenvalue weighted by molar-refractivity contribution is 6.10. The number of carbonyl (C=O) groups is 2. The molecule has 0 aromatic carbocycles. The Labute approximate surface area is 224 Å². The van der Waals surface area contributed by atoms with Crippen LogP contribution in [0, 0.1) is 28.6 Å². The first kappa shape index (κ1) is 28.2. The van der Waals surface area contributed by atoms with Gasteiger partial charge < -0.3 is 10.2 Å². The van der Waals surface area contributed by atoms with Gasteiger partial charge in [-0.2, -0.15) is 0 Å². The summed E-state index contributed by atoms with van der Waals surface area (Å²) in [5.74, 6) is 1.79. The van der Waals surface area contributed by atoms with Crippen molar-refractivity contribution in [1.82, 2.24) is 0 Å². The Morgan fingerprint density at radius 3 is 2.35 bits per heavy atom. The molecule has 5 atom stereocenters. The number of aliphatic hydroxyl groups excluding tert-OH is 2. The third-order valence-electron chi connectivity index (χ3n) is 10.2. The molecule has 0 aromatic heterocycles. The maximum atomic E-state index is 13.1. The topological polar surface area (TPSA) is 74.6 Å². The second-order valence-electron chi connectivity index (χ2n) is 13.1. The molecule has 4 rings (SSSR count). The summed E-state index contributed by atoms with van der Waals surface area (Å²) in [7, 11) is 0. The number of allylic oxidation sites excluding steroid dienone is 5. The van der Waals surface area contributed by atoms with E-state index in [2.05, 4.69) is 52.5 Å². The van der Waals surface area contributed by atoms with E-state index in [1.54, 1.807) is 0 Å². The molecule has 0 amide bonds. The average Bonchev–Trinajstić information content (AvgIpc) is 3.59. The Hall–Kier alpha value is -1.78. The molecule has 5 unspecified atom stereocenters. The third-order valence-corrected chi connectivity index (χ3v) is 10.2. The number of hydrogen-bond donors (Lipinski definition) is 2. The summed E-state index contributed by atoms with van der Waals surface area (Å²) in [5, 5.41) is 20.4. The lowest BCUT2D eigenvalue weighted by molar-refractivity contribution is -0.134. The highest BCUT2D eigenvalue weighted by Crippen LogP contribution is 2.59. The summed E-state index contributed by atoms with van der Waals surface area (Å²) in [6.07, 6.45) is 15.4. The van der Waals surface area contributed by atoms with E-state index >= 15 is 0 Å². The first-order valence-corrected chi connectivity index (χ1v) is 14.6. The summed E-state index contributed by atoms with van der Waals surface area (Å²) in [5.41, 5.74) is 3.95. The van der Waals surface area contributed by atoms with Crippen LogP contribution in [0.1, 0.15) is 105 Å². The zero-order chi connectivity index (χ0) is 27.0. The van der Waals surface area contributed by atoms with Gasteiger partial charge in [0, 0.05) is 12.8 Å². The second kappa shape index (κ2) is 11.1. The molecule has 0 aliphatic heterocycles. The van der Waals surface area contributed by atoms with E-state index in [0.29, 0.717) is 49.0 Å². The zero-order valence-electron chi connectivity index (χ0n) is 23.5. The van der Waals surface area contributed by atoms with Crippen molar-refractivity contribution in [3.05, 3.63) is 47.1 Å². The van der Waals surface area contributed by atoms with Crippen LogP contribution < -0.4 is 0 Å². The summed E-state index contributed by atoms with van der Waals surface area (Å²) in [6, 6.07) is 0. The number of ketones is 2. The fourth-order valence-corrected chi connectivity index (χ4v) is 7.50. The van der Waals surface area contributed by atoms with Crippen molar-refractivity contribution in [3.63, 3.8) is 0 Å². The third kappa shape index (κ3) is 5.81. The molecule has 4 fully saturated rings. The van der Waals surface area contributed by atoms with Gasteiger partial charge in [0.25, 0.3) is 0 Å². The normalized spacial score (nSPS) is 34.6. The smallest absolute Gasteiger partial charge is 0.150 e. The van der Waals surface area contributed by atoms with Crippen molar-refractivity contribution >= 4 is 11.6 Å². The number of Topliss-reactive ketones (excluding diaryl/α,β-unsaturated/α-hetero) is 2. The van der Waals surface area contributed by atoms with Crippen molar-refractivity contribution in [2.24, 2.45) is 28.6 Å². The van der Waals surface area contributed by atoms with Crippen LogP contribution in [-0.2, 0) is 9.59 Å². The molecule has 0 bridgehead atoms. The molecule has 0 saturated heterocycles. The molecule has 0 aromatic rings. The fraction of sp³-hybridized carbons (Fsp3) is 0.697. The van der Waals surface area contributed by atoms with Crippen LogP contribution in [0.2, 0.25) is 0 Å². The molecular formula is C33H48O4. The van der Waals surface area contributed by atoms with E-state index in [9.17, 15) is 19.8 Å². The van der Waals surface area contributed by atoms with E-state index in [1.807, 2.05) is 0 Å². The fourth-order valence-electron chi connectivity index (χ4n) is 7.50. The van der Waals surface area contributed by atoms with Crippen LogP contribution in [0.4, 0.5) is 0 Å². The van der Waals surface area contributed by atoms with Gasteiger partial charge in [-0.05, 0) is 99.9 Å². The molecule has 4 saturated carbocycles. The molecule has 204 valence electrons. The van der Waals surface area contributed by atoms with E-state index in [1.165, 1.54) is 24.0 Å². The number of rotatable bonds is 9. The van der Waals surface area contributed by atoms with Crippen LogP contribution in [0.15, 0.2) is 47.1 Å². The molecule has 0 radical (unpaired) electrons. The van der Waals surface area contributed by atoms with Crippen LogP contribution in [0.3, 0.4) is 0 Å². The average molecular weight is 509 g/mol. The highest BCUT2D eigenvalue weighted by atomic mass is 16.3. The lowest BCUT2D eigenvalue weighted by Gasteiger charge is -2.43. The van der Waals surface area contributed by atoms with Crippen LogP contribution in [-0.4, -0.2) is 34.0 Å². The Kier molecular flexibility index (Phi) is 8.50. The van der Waals surface area contributed by atoms with Gasteiger partial charge in [-0.25, -0.2) is 0 Å². The van der Waals surface area contributed by atoms with Crippen molar-refractivity contribution in [3.8, 4) is 0 Å². The minimum absolute atomic E-state index is 0.135. The maximum Gasteiger partial charge on any atom is 0.150 e. The van der Waals surface area contributed by atoms with Crippen LogP contribution in [0.5, 0.6) is 0 Å². The van der Waals surface area contributed by atoms with Gasteiger partial charge in [0.1, 0.15) is 11.6 Å². The first-order chi connectivity index (χ1) is 17.5. The molecule has 4 heteroatoms. The van der Waals surface area contributed by atoms with Crippen molar-refractivity contribution in [2.45, 2.75) is 117 Å². The van der Waals surface area contributed by atoms with E-state index in [-0.39, 0.29) is 17.0 Å². The Balaban J connectivity index is 1.42. The van der Waals surface area contributed by atoms with E-state index in [0.717, 1.165) is 44.1 Å². The maximum absolute atomic E-state index is 13.1. The van der Waals surface area contributed by atoms with Gasteiger partial charge in [-0.3, -0.25) is 9.59 Å². The number of hydrogen-bond acceptors (Lipinski definition) is 4. The van der Waals surface area contributed by atoms with Crippen LogP contribution >= 0.6 is 0 Å². The predicted octanol–water partition coefficient (Wildman–Crippen LogP) is 6.82. The molecule has 0 spiro atoms. The lowest BCUT2D eigenvalue weighted by atomic mass is 9.62. The summed E-state index contributed by atoms with van der Waals surface area (Å²) in [4.78, 5) is 25.9. The summed E-state index contributed by atoms with van der Waals surface area (Å²) < 4.78 is 0. The Morgan fingerprint density at radius 2 is 1.73 bits per heavy atom. The molecule has 4 aliphatic carbocycles. The summed E-state index contributed by atoms with van der Waals surface area (Å²) >= 11 is 0. The monoisotopic (exact) mass is 508 g/mol. The van der Waals surface area contributed by atoms with Gasteiger partial charge in [0.15, 0.2) is 0 Å². The predicted molar refractivity (Wildman–Crippen MR) is 149 cm³/mol. The number of fused-ring (bicyclic) bond motifs is 1. The first-order valence-electron chi connectivity index (χ1n) is 14.6. The standard InChI is InChI=1S/C33H48O4/c1-21(2)8-14-30(36)33(17-18-33)31(37)15-9-22(3)26-12-13-27-25(7-6-16-32(26,27)5)11-10-24-19-28(34)23(4)29(35)20-24/h9-11,21,26-29,34-35H,4,6-8,12-20H2,1-3,5H3/b22-9-,24-10?,25-11?. The van der Waals surface area contributed by atoms with Gasteiger partial charge in [0.05, 0.1) is 17.6 Å². The van der Waals surface area contributed by atoms with Crippen molar-refractivity contribution < 1.29 is 19.8 Å². The van der Waals surface area contributed by atoms with E-state index in [4.69, 9.17) is 0 Å². The molecule has 0 heterocycles. The van der Waals surface area contributed by atoms with Gasteiger partial charge in [0.2, 0.25) is 0 Å². The molecule has 37 heavy (non-hydrogen) atoms. The number of carbonyl (C=O) groups excluding carboxylic acids is 2. The van der Waals surface area contributed by atoms with Crippen LogP contribution in [0.25, 0.3) is 0 Å². The van der Waals surface area contributed by atoms with Crippen molar-refractivity contribution in [1.29, 1.82) is 0 Å². The molecular weight excluding hydrogens is 460 g/mol. The van der Waals surface area contributed by atoms with Gasteiger partial charge in [-0.1, -0.05) is 62.3 Å². The zero-order valence-corrected chi connectivity index (χ0v) is 23.5. The Morgan fingerprint density at radius 1 is 1.05 bits per heavy atom. The Bertz CT molecular complexity index is 991. The molecule has 2 N–H and O–H groups in total. The SMILES string of the molecule is C=C1C(O)CC(=CC=C2CCCC3(C)C2CCC3/C(C)=C\CC(=O)C2(C(=O)CCC(C)C)CC2)CC1O. The van der Waals surface area contributed by atoms with Gasteiger partial charge >= 0.3 is 0 Å². The van der Waals surface area contributed by atoms with Gasteiger partial charge in [-0.15, -0.1) is 0 Å². The van der Waals surface area contributed by atoms with Crippen molar-refractivity contribution in [2.75, 3.05) is 0 Å². The number of aliphatic hydroxyl groups is 2. The largest absolute Gasteiger partial charge is 0.388 e. The minimum Gasteiger partial charge on any atom is -0.388 e. The minimum atomic E-state index is -0.672.